The van der Waals surface area contributed by atoms with Crippen LogP contribution in [-0.2, 0) is 20.8 Å². The predicted molar refractivity (Wildman–Crippen MR) is 99.9 cm³/mol. The van der Waals surface area contributed by atoms with Crippen LogP contribution in [0.15, 0.2) is 24.3 Å². The van der Waals surface area contributed by atoms with Gasteiger partial charge in [0.15, 0.2) is 0 Å². The molecule has 26 heavy (non-hydrogen) atoms. The van der Waals surface area contributed by atoms with Crippen molar-refractivity contribution in [2.24, 2.45) is 0 Å². The number of benzene rings is 1. The second kappa shape index (κ2) is 8.64. The van der Waals surface area contributed by atoms with E-state index in [1.807, 2.05) is 12.1 Å². The van der Waals surface area contributed by atoms with Crippen LogP contribution in [0.4, 0.5) is 0 Å². The van der Waals surface area contributed by atoms with Gasteiger partial charge in [0.25, 0.3) is 5.91 Å². The van der Waals surface area contributed by atoms with Crippen molar-refractivity contribution in [1.82, 2.24) is 10.2 Å². The van der Waals surface area contributed by atoms with Crippen LogP contribution < -0.4 is 5.32 Å². The van der Waals surface area contributed by atoms with Gasteiger partial charge in [-0.25, -0.2) is 0 Å². The van der Waals surface area contributed by atoms with Crippen molar-refractivity contribution in [3.8, 4) is 0 Å². The molecule has 144 valence electrons. The fourth-order valence-electron chi connectivity index (χ4n) is 3.07. The van der Waals surface area contributed by atoms with E-state index in [2.05, 4.69) is 24.1 Å². The van der Waals surface area contributed by atoms with Gasteiger partial charge >= 0.3 is 5.97 Å². The molecule has 0 aromatic heterocycles. The summed E-state index contributed by atoms with van der Waals surface area (Å²) in [4.78, 5) is 26.2. The highest BCUT2D eigenvalue weighted by atomic mass is 16.6. The molecule has 2 atom stereocenters. The van der Waals surface area contributed by atoms with E-state index in [9.17, 15) is 9.59 Å². The molecule has 1 N–H and O–H groups in total. The summed E-state index contributed by atoms with van der Waals surface area (Å²) in [6.07, 6.45) is 0.466. The van der Waals surface area contributed by atoms with Crippen LogP contribution in [0.5, 0.6) is 0 Å². The monoisotopic (exact) mass is 362 g/mol. The van der Waals surface area contributed by atoms with E-state index in [0.717, 1.165) is 25.2 Å². The minimum Gasteiger partial charge on any atom is -0.459 e. The third-order valence-corrected chi connectivity index (χ3v) is 3.93. The Morgan fingerprint density at radius 1 is 1.15 bits per heavy atom. The second-order valence-corrected chi connectivity index (χ2v) is 7.92. The van der Waals surface area contributed by atoms with Crippen molar-refractivity contribution >= 4 is 11.9 Å². The average Bonchev–Trinajstić information content (AvgIpc) is 2.50. The average molecular weight is 362 g/mol. The molecule has 0 radical (unpaired) electrons. The maximum Gasteiger partial charge on any atom is 0.325 e. The smallest absolute Gasteiger partial charge is 0.325 e. The SMILES string of the molecule is CC1CN(Cc2ccc(C(=O)NCC(=O)OC(C)(C)C)cc2)CC(C)O1. The predicted octanol–water partition coefficient (Wildman–Crippen LogP) is 2.37. The topological polar surface area (TPSA) is 67.9 Å². The number of carbonyl (C=O) groups excluding carboxylic acids is 2. The molecule has 0 saturated carbocycles. The summed E-state index contributed by atoms with van der Waals surface area (Å²) in [6.45, 7) is 12.1. The van der Waals surface area contributed by atoms with E-state index in [1.54, 1.807) is 32.9 Å². The van der Waals surface area contributed by atoms with Crippen molar-refractivity contribution in [3.05, 3.63) is 35.4 Å². The normalized spacial score (nSPS) is 21.3. The summed E-state index contributed by atoms with van der Waals surface area (Å²) in [5.41, 5.74) is 1.12. The fraction of sp³-hybridized carbons (Fsp3) is 0.600. The fourth-order valence-corrected chi connectivity index (χ4v) is 3.07. The van der Waals surface area contributed by atoms with Crippen LogP contribution in [0.1, 0.15) is 50.5 Å². The minimum atomic E-state index is -0.558. The van der Waals surface area contributed by atoms with Gasteiger partial charge in [-0.1, -0.05) is 12.1 Å². The molecule has 0 spiro atoms. The Morgan fingerprint density at radius 3 is 2.27 bits per heavy atom. The van der Waals surface area contributed by atoms with Crippen LogP contribution in [0.2, 0.25) is 0 Å². The van der Waals surface area contributed by atoms with E-state index >= 15 is 0 Å². The minimum absolute atomic E-state index is 0.137. The van der Waals surface area contributed by atoms with E-state index in [-0.39, 0.29) is 24.7 Å². The maximum absolute atomic E-state index is 12.2. The van der Waals surface area contributed by atoms with Crippen molar-refractivity contribution in [3.63, 3.8) is 0 Å². The zero-order valence-corrected chi connectivity index (χ0v) is 16.4. The molecule has 6 heteroatoms. The number of nitrogens with zero attached hydrogens (tertiary/aromatic N) is 1. The van der Waals surface area contributed by atoms with Crippen LogP contribution in [-0.4, -0.2) is 54.2 Å². The molecule has 2 unspecified atom stereocenters. The van der Waals surface area contributed by atoms with Gasteiger partial charge in [-0.3, -0.25) is 14.5 Å². The van der Waals surface area contributed by atoms with Gasteiger partial charge in [0.1, 0.15) is 12.1 Å². The molecule has 6 nitrogen and oxygen atoms in total. The standard InChI is InChI=1S/C20H30N2O4/c1-14-11-22(12-15(2)25-14)13-16-6-8-17(9-7-16)19(24)21-10-18(23)26-20(3,4)5/h6-9,14-15H,10-13H2,1-5H3,(H,21,24). The molecule has 1 aromatic carbocycles. The molecular formula is C20H30N2O4. The maximum atomic E-state index is 12.2. The number of nitrogens with one attached hydrogen (secondary N) is 1. The first-order valence-corrected chi connectivity index (χ1v) is 9.09. The number of morpholine rings is 1. The van der Waals surface area contributed by atoms with Gasteiger partial charge in [0, 0.05) is 25.2 Å². The van der Waals surface area contributed by atoms with E-state index in [0.29, 0.717) is 5.56 Å². The second-order valence-electron chi connectivity index (χ2n) is 7.92. The number of hydrogen-bond donors (Lipinski definition) is 1. The van der Waals surface area contributed by atoms with Crippen molar-refractivity contribution in [1.29, 1.82) is 0 Å². The van der Waals surface area contributed by atoms with Crippen LogP contribution in [0.25, 0.3) is 0 Å². The number of ether oxygens (including phenoxy) is 2. The number of esters is 1. The number of hydrogen-bond acceptors (Lipinski definition) is 5. The summed E-state index contributed by atoms with van der Waals surface area (Å²) in [6, 6.07) is 7.47. The van der Waals surface area contributed by atoms with Crippen molar-refractivity contribution < 1.29 is 19.1 Å². The number of amides is 1. The highest BCUT2D eigenvalue weighted by Crippen LogP contribution is 2.15. The first-order valence-electron chi connectivity index (χ1n) is 9.09. The highest BCUT2D eigenvalue weighted by molar-refractivity contribution is 5.95. The van der Waals surface area contributed by atoms with E-state index < -0.39 is 11.6 Å². The van der Waals surface area contributed by atoms with E-state index in [1.165, 1.54) is 0 Å². The van der Waals surface area contributed by atoms with Crippen LogP contribution >= 0.6 is 0 Å². The highest BCUT2D eigenvalue weighted by Gasteiger charge is 2.22. The molecule has 1 aliphatic rings. The first-order chi connectivity index (χ1) is 12.1. The summed E-state index contributed by atoms with van der Waals surface area (Å²) in [5, 5.41) is 2.59. The molecule has 0 bridgehead atoms. The van der Waals surface area contributed by atoms with Gasteiger partial charge < -0.3 is 14.8 Å². The van der Waals surface area contributed by atoms with Crippen molar-refractivity contribution in [2.45, 2.75) is 59.0 Å². The molecule has 2 rings (SSSR count). The Morgan fingerprint density at radius 2 is 1.73 bits per heavy atom. The number of carbonyl (C=O) groups is 2. The lowest BCUT2D eigenvalue weighted by atomic mass is 10.1. The Kier molecular flexibility index (Phi) is 6.78. The quantitative estimate of drug-likeness (QED) is 0.815. The molecule has 1 aromatic rings. The Bertz CT molecular complexity index is 612. The van der Waals surface area contributed by atoms with Gasteiger partial charge in [0.05, 0.1) is 12.2 Å². The Hall–Kier alpha value is -1.92. The molecular weight excluding hydrogens is 332 g/mol. The van der Waals surface area contributed by atoms with Gasteiger partial charge in [-0.15, -0.1) is 0 Å². The molecule has 0 aliphatic carbocycles. The third-order valence-electron chi connectivity index (χ3n) is 3.93. The summed E-state index contributed by atoms with van der Waals surface area (Å²) < 4.78 is 10.9. The Labute approximate surface area is 155 Å². The third kappa shape index (κ3) is 6.77. The molecule has 1 heterocycles. The van der Waals surface area contributed by atoms with Crippen LogP contribution in [0, 0.1) is 0 Å². The largest absolute Gasteiger partial charge is 0.459 e. The van der Waals surface area contributed by atoms with Crippen LogP contribution in [0.3, 0.4) is 0 Å². The lowest BCUT2D eigenvalue weighted by molar-refractivity contribution is -0.153. The van der Waals surface area contributed by atoms with Gasteiger partial charge in [-0.05, 0) is 52.3 Å². The molecule has 1 amide bonds. The first kappa shape index (κ1) is 20.4. The summed E-state index contributed by atoms with van der Waals surface area (Å²) in [5.74, 6) is -0.728. The van der Waals surface area contributed by atoms with Gasteiger partial charge in [0.2, 0.25) is 0 Å². The lowest BCUT2D eigenvalue weighted by Gasteiger charge is -2.35. The zero-order chi connectivity index (χ0) is 19.3. The molecule has 1 fully saturated rings. The van der Waals surface area contributed by atoms with Crippen molar-refractivity contribution in [2.75, 3.05) is 19.6 Å². The number of rotatable bonds is 5. The van der Waals surface area contributed by atoms with Gasteiger partial charge in [-0.2, -0.15) is 0 Å². The lowest BCUT2D eigenvalue weighted by Crippen LogP contribution is -2.44. The molecule has 1 saturated heterocycles. The summed E-state index contributed by atoms with van der Waals surface area (Å²) in [7, 11) is 0. The van der Waals surface area contributed by atoms with E-state index in [4.69, 9.17) is 9.47 Å². The Balaban J connectivity index is 1.84. The zero-order valence-electron chi connectivity index (χ0n) is 16.4. The summed E-state index contributed by atoms with van der Waals surface area (Å²) >= 11 is 0. The molecule has 1 aliphatic heterocycles.